The number of hydrogen-bond donors (Lipinski definition) is 5. The number of hydrogen-bond acceptors (Lipinski definition) is 5. The SMILES string of the molecule is CCCCCCCCCCCCN=C1NC(C)(C)NC(CC(=O)O)(NCc2ccco2)N1. The third-order valence-electron chi connectivity index (χ3n) is 5.63. The number of rotatable bonds is 16. The molecule has 5 N–H and O–H groups in total. The van der Waals surface area contributed by atoms with Crippen LogP contribution < -0.4 is 21.3 Å². The minimum Gasteiger partial charge on any atom is -0.481 e. The summed E-state index contributed by atoms with van der Waals surface area (Å²) in [6.45, 7) is 7.29. The summed E-state index contributed by atoms with van der Waals surface area (Å²) in [6.07, 6.45) is 14.3. The second kappa shape index (κ2) is 13.5. The van der Waals surface area contributed by atoms with Crippen molar-refractivity contribution in [2.45, 2.75) is 109 Å². The quantitative estimate of drug-likeness (QED) is 0.239. The number of unbranched alkanes of at least 4 members (excludes halogenated alkanes) is 9. The van der Waals surface area contributed by atoms with E-state index in [1.807, 2.05) is 26.0 Å². The van der Waals surface area contributed by atoms with Gasteiger partial charge in [-0.2, -0.15) is 0 Å². The highest BCUT2D eigenvalue weighted by molar-refractivity contribution is 5.83. The van der Waals surface area contributed by atoms with E-state index < -0.39 is 17.4 Å². The number of nitrogens with zero attached hydrogens (tertiary/aromatic N) is 1. The Labute approximate surface area is 193 Å². The van der Waals surface area contributed by atoms with Crippen LogP contribution >= 0.6 is 0 Å². The zero-order chi connectivity index (χ0) is 23.3. The van der Waals surface area contributed by atoms with Crippen LogP contribution in [0.15, 0.2) is 27.8 Å². The Kier molecular flexibility index (Phi) is 11.0. The minimum atomic E-state index is -1.04. The van der Waals surface area contributed by atoms with E-state index in [0.717, 1.165) is 12.2 Å². The Bertz CT molecular complexity index is 690. The Balaban J connectivity index is 1.81. The van der Waals surface area contributed by atoms with E-state index in [0.29, 0.717) is 19.0 Å². The maximum Gasteiger partial charge on any atom is 0.308 e. The molecule has 32 heavy (non-hydrogen) atoms. The fourth-order valence-electron chi connectivity index (χ4n) is 4.11. The number of nitrogens with one attached hydrogen (secondary N) is 4. The Hall–Kier alpha value is -2.06. The van der Waals surface area contributed by atoms with E-state index >= 15 is 0 Å². The average molecular weight is 450 g/mol. The first kappa shape index (κ1) is 26.2. The summed E-state index contributed by atoms with van der Waals surface area (Å²) in [5.41, 5.74) is -0.534. The van der Waals surface area contributed by atoms with E-state index in [1.54, 1.807) is 6.26 Å². The third-order valence-corrected chi connectivity index (χ3v) is 5.63. The van der Waals surface area contributed by atoms with Gasteiger partial charge in [-0.3, -0.25) is 20.4 Å². The highest BCUT2D eigenvalue weighted by Gasteiger charge is 2.42. The first-order valence-corrected chi connectivity index (χ1v) is 12.2. The van der Waals surface area contributed by atoms with Crippen molar-refractivity contribution >= 4 is 11.9 Å². The van der Waals surface area contributed by atoms with Gasteiger partial charge in [-0.1, -0.05) is 64.7 Å². The molecule has 1 atom stereocenters. The summed E-state index contributed by atoms with van der Waals surface area (Å²) in [7, 11) is 0. The van der Waals surface area contributed by atoms with Gasteiger partial charge in [-0.25, -0.2) is 0 Å². The molecule has 1 aromatic rings. The van der Waals surface area contributed by atoms with Crippen molar-refractivity contribution in [1.82, 2.24) is 21.3 Å². The highest BCUT2D eigenvalue weighted by Crippen LogP contribution is 2.16. The summed E-state index contributed by atoms with van der Waals surface area (Å²) in [5, 5.41) is 22.7. The van der Waals surface area contributed by atoms with Crippen molar-refractivity contribution < 1.29 is 14.3 Å². The molecule has 0 bridgehead atoms. The van der Waals surface area contributed by atoms with Gasteiger partial charge in [-0.05, 0) is 32.4 Å². The maximum atomic E-state index is 11.6. The number of aliphatic imine (C=N–C) groups is 1. The lowest BCUT2D eigenvalue weighted by Crippen LogP contribution is -2.81. The van der Waals surface area contributed by atoms with Crippen molar-refractivity contribution in [2.24, 2.45) is 4.99 Å². The predicted octanol–water partition coefficient (Wildman–Crippen LogP) is 4.29. The lowest BCUT2D eigenvalue weighted by molar-refractivity contribution is -0.140. The van der Waals surface area contributed by atoms with Gasteiger partial charge in [0.2, 0.25) is 0 Å². The van der Waals surface area contributed by atoms with Crippen LogP contribution in [0.4, 0.5) is 0 Å². The highest BCUT2D eigenvalue weighted by atomic mass is 16.4. The van der Waals surface area contributed by atoms with Crippen LogP contribution in [-0.4, -0.2) is 35.0 Å². The molecule has 0 amide bonds. The van der Waals surface area contributed by atoms with Crippen LogP contribution in [-0.2, 0) is 11.3 Å². The van der Waals surface area contributed by atoms with E-state index in [2.05, 4.69) is 28.2 Å². The molecule has 0 radical (unpaired) electrons. The molecular formula is C24H43N5O3. The fourth-order valence-corrected chi connectivity index (χ4v) is 4.11. The molecule has 8 nitrogen and oxygen atoms in total. The van der Waals surface area contributed by atoms with Crippen LogP contribution in [0.3, 0.4) is 0 Å². The number of guanidine groups is 1. The van der Waals surface area contributed by atoms with Crippen molar-refractivity contribution in [1.29, 1.82) is 0 Å². The van der Waals surface area contributed by atoms with Gasteiger partial charge in [-0.15, -0.1) is 0 Å². The maximum absolute atomic E-state index is 11.6. The van der Waals surface area contributed by atoms with Crippen molar-refractivity contribution in [3.8, 4) is 0 Å². The van der Waals surface area contributed by atoms with Gasteiger partial charge in [0.1, 0.15) is 5.76 Å². The van der Waals surface area contributed by atoms with Crippen molar-refractivity contribution in [3.05, 3.63) is 24.2 Å². The zero-order valence-electron chi connectivity index (χ0n) is 20.1. The van der Waals surface area contributed by atoms with Crippen LogP contribution in [0, 0.1) is 0 Å². The molecule has 0 saturated carbocycles. The predicted molar refractivity (Wildman–Crippen MR) is 128 cm³/mol. The van der Waals surface area contributed by atoms with E-state index in [-0.39, 0.29) is 6.42 Å². The molecule has 1 aliphatic heterocycles. The molecule has 0 spiro atoms. The normalized spacial score (nSPS) is 21.3. The van der Waals surface area contributed by atoms with Crippen LogP contribution in [0.25, 0.3) is 0 Å². The second-order valence-corrected chi connectivity index (χ2v) is 9.32. The molecular weight excluding hydrogens is 406 g/mol. The molecule has 2 heterocycles. The molecule has 2 rings (SSSR count). The van der Waals surface area contributed by atoms with Crippen molar-refractivity contribution in [3.63, 3.8) is 0 Å². The molecule has 1 aromatic heterocycles. The van der Waals surface area contributed by atoms with Crippen LogP contribution in [0.2, 0.25) is 0 Å². The number of carbonyl (C=O) groups is 1. The summed E-state index contributed by atoms with van der Waals surface area (Å²) in [4.78, 5) is 16.3. The Morgan fingerprint density at radius 3 is 2.31 bits per heavy atom. The molecule has 0 aliphatic carbocycles. The summed E-state index contributed by atoms with van der Waals surface area (Å²) >= 11 is 0. The topological polar surface area (TPSA) is 111 Å². The largest absolute Gasteiger partial charge is 0.481 e. The zero-order valence-corrected chi connectivity index (χ0v) is 20.1. The monoisotopic (exact) mass is 449 g/mol. The van der Waals surface area contributed by atoms with Gasteiger partial charge >= 0.3 is 5.97 Å². The molecule has 8 heteroatoms. The smallest absolute Gasteiger partial charge is 0.308 e. The molecule has 1 aliphatic rings. The second-order valence-electron chi connectivity index (χ2n) is 9.32. The Morgan fingerprint density at radius 2 is 1.72 bits per heavy atom. The standard InChI is InChI=1S/C24H43N5O3/c1-4-5-6-7-8-9-10-11-12-13-16-25-22-27-23(2,3)29-24(28-22,18-21(30)31)26-19-20-15-14-17-32-20/h14-15,17,26,29H,4-13,16,18-19H2,1-3H3,(H,30,31)(H2,25,27,28). The third kappa shape index (κ3) is 10.0. The van der Waals surface area contributed by atoms with Gasteiger partial charge in [0.05, 0.1) is 24.9 Å². The molecule has 182 valence electrons. The van der Waals surface area contributed by atoms with Crippen molar-refractivity contribution in [2.75, 3.05) is 6.54 Å². The summed E-state index contributed by atoms with van der Waals surface area (Å²) in [6, 6.07) is 3.67. The number of carboxylic acid groups (broad SMARTS) is 1. The first-order chi connectivity index (χ1) is 15.3. The van der Waals surface area contributed by atoms with E-state index in [1.165, 1.54) is 57.8 Å². The molecule has 1 saturated heterocycles. The number of carboxylic acids is 1. The first-order valence-electron chi connectivity index (χ1n) is 12.2. The van der Waals surface area contributed by atoms with Gasteiger partial charge in [0.15, 0.2) is 11.7 Å². The van der Waals surface area contributed by atoms with E-state index in [4.69, 9.17) is 9.41 Å². The van der Waals surface area contributed by atoms with Gasteiger partial charge < -0.3 is 20.2 Å². The lowest BCUT2D eigenvalue weighted by atomic mass is 10.1. The number of furan rings is 1. The fraction of sp³-hybridized carbons (Fsp3) is 0.750. The lowest BCUT2D eigenvalue weighted by Gasteiger charge is -2.48. The Morgan fingerprint density at radius 1 is 1.06 bits per heavy atom. The minimum absolute atomic E-state index is 0.157. The van der Waals surface area contributed by atoms with Gasteiger partial charge in [0.25, 0.3) is 0 Å². The molecule has 0 aromatic carbocycles. The van der Waals surface area contributed by atoms with E-state index in [9.17, 15) is 9.90 Å². The number of aliphatic carboxylic acids is 1. The van der Waals surface area contributed by atoms with Crippen LogP contribution in [0.1, 0.15) is 97.2 Å². The summed E-state index contributed by atoms with van der Waals surface area (Å²) in [5.74, 6) is -0.607. The molecule has 1 unspecified atom stereocenters. The summed E-state index contributed by atoms with van der Waals surface area (Å²) < 4.78 is 5.39. The molecule has 1 fully saturated rings. The average Bonchev–Trinajstić information content (AvgIpc) is 3.23. The van der Waals surface area contributed by atoms with Crippen LogP contribution in [0.5, 0.6) is 0 Å². The van der Waals surface area contributed by atoms with Gasteiger partial charge in [0, 0.05) is 6.54 Å².